The minimum absolute atomic E-state index is 0.171. The van der Waals surface area contributed by atoms with Gasteiger partial charge in [0.05, 0.1) is 0 Å². The van der Waals surface area contributed by atoms with E-state index in [4.69, 9.17) is 18.6 Å². The van der Waals surface area contributed by atoms with Crippen molar-refractivity contribution >= 4 is 22.6 Å². The number of hydrogen-bond donors (Lipinski definition) is 1. The topological polar surface area (TPSA) is 87.0 Å². The van der Waals surface area contributed by atoms with Gasteiger partial charge in [-0.05, 0) is 37.3 Å². The summed E-state index contributed by atoms with van der Waals surface area (Å²) in [7, 11) is 0. The molecule has 0 unspecified atom stereocenters. The molecular weight excluding hydrogens is 338 g/mol. The van der Waals surface area contributed by atoms with E-state index in [1.54, 1.807) is 49.4 Å². The van der Waals surface area contributed by atoms with E-state index in [-0.39, 0.29) is 12.7 Å². The number of fused-ring (bicyclic) bond motifs is 2. The first-order valence-corrected chi connectivity index (χ1v) is 7.99. The Morgan fingerprint density at radius 1 is 1.08 bits per heavy atom. The minimum Gasteiger partial charge on any atom is -0.481 e. The molecule has 1 N–H and O–H groups in total. The van der Waals surface area contributed by atoms with Crippen LogP contribution in [-0.4, -0.2) is 18.8 Å². The van der Waals surface area contributed by atoms with Crippen LogP contribution < -0.4 is 25.2 Å². The zero-order chi connectivity index (χ0) is 18.1. The third-order valence-electron chi connectivity index (χ3n) is 3.92. The molecule has 2 aromatic carbocycles. The van der Waals surface area contributed by atoms with E-state index in [9.17, 15) is 9.59 Å². The summed E-state index contributed by atoms with van der Waals surface area (Å²) in [5, 5.41) is 3.54. The van der Waals surface area contributed by atoms with Gasteiger partial charge in [-0.25, -0.2) is 4.79 Å². The van der Waals surface area contributed by atoms with Crippen molar-refractivity contribution in [2.24, 2.45) is 0 Å². The van der Waals surface area contributed by atoms with Gasteiger partial charge in [-0.2, -0.15) is 0 Å². The lowest BCUT2D eigenvalue weighted by Gasteiger charge is -2.15. The summed E-state index contributed by atoms with van der Waals surface area (Å²) in [5.74, 6) is 1.34. The van der Waals surface area contributed by atoms with Gasteiger partial charge in [-0.1, -0.05) is 0 Å². The molecule has 7 nitrogen and oxygen atoms in total. The normalized spacial score (nSPS) is 13.4. The number of amides is 1. The van der Waals surface area contributed by atoms with Gasteiger partial charge in [0, 0.05) is 29.3 Å². The summed E-state index contributed by atoms with van der Waals surface area (Å²) in [6, 6.07) is 13.2. The maximum Gasteiger partial charge on any atom is 0.336 e. The first-order chi connectivity index (χ1) is 12.6. The van der Waals surface area contributed by atoms with E-state index in [1.807, 2.05) is 0 Å². The fraction of sp³-hybridized carbons (Fsp3) is 0.158. The minimum atomic E-state index is -0.756. The maximum atomic E-state index is 12.4. The summed E-state index contributed by atoms with van der Waals surface area (Å²) < 4.78 is 21.3. The highest BCUT2D eigenvalue weighted by Crippen LogP contribution is 2.34. The smallest absolute Gasteiger partial charge is 0.336 e. The zero-order valence-electron chi connectivity index (χ0n) is 13.9. The number of hydrogen-bond acceptors (Lipinski definition) is 6. The van der Waals surface area contributed by atoms with Crippen molar-refractivity contribution in [2.75, 3.05) is 12.1 Å². The van der Waals surface area contributed by atoms with Crippen LogP contribution in [0.4, 0.5) is 5.69 Å². The maximum absolute atomic E-state index is 12.4. The van der Waals surface area contributed by atoms with Crippen LogP contribution in [0.25, 0.3) is 11.0 Å². The molecule has 0 saturated carbocycles. The van der Waals surface area contributed by atoms with E-state index in [0.717, 1.165) is 5.39 Å². The molecule has 0 fully saturated rings. The Balaban J connectivity index is 1.46. The molecule has 7 heteroatoms. The van der Waals surface area contributed by atoms with E-state index < -0.39 is 11.7 Å². The quantitative estimate of drug-likeness (QED) is 0.726. The number of anilines is 1. The van der Waals surface area contributed by atoms with Crippen molar-refractivity contribution < 1.29 is 23.4 Å². The van der Waals surface area contributed by atoms with Gasteiger partial charge < -0.3 is 23.9 Å². The molecular formula is C19H15NO6. The van der Waals surface area contributed by atoms with Crippen LogP contribution >= 0.6 is 0 Å². The SMILES string of the molecule is C[C@@H](Oc1ccc2ccc(=O)oc2c1)C(=O)Nc1ccc2c(c1)OCO2. The number of nitrogens with one attached hydrogen (secondary N) is 1. The molecule has 3 aromatic rings. The molecule has 2 heterocycles. The Labute approximate surface area is 148 Å². The van der Waals surface area contributed by atoms with Gasteiger partial charge in [0.1, 0.15) is 11.3 Å². The van der Waals surface area contributed by atoms with Gasteiger partial charge in [0.25, 0.3) is 5.91 Å². The Morgan fingerprint density at radius 2 is 1.88 bits per heavy atom. The summed E-state index contributed by atoms with van der Waals surface area (Å²) in [6.45, 7) is 1.80. The third kappa shape index (κ3) is 3.19. The first kappa shape index (κ1) is 16.0. The number of carbonyl (C=O) groups excluding carboxylic acids is 1. The molecule has 0 aliphatic carbocycles. The number of carbonyl (C=O) groups is 1. The van der Waals surface area contributed by atoms with Crippen LogP contribution in [0.5, 0.6) is 17.2 Å². The summed E-state index contributed by atoms with van der Waals surface area (Å²) in [5.41, 5.74) is 0.542. The van der Waals surface area contributed by atoms with Crippen LogP contribution in [0.1, 0.15) is 6.92 Å². The predicted octanol–water partition coefficient (Wildman–Crippen LogP) is 2.93. The van der Waals surface area contributed by atoms with Gasteiger partial charge in [-0.15, -0.1) is 0 Å². The molecule has 0 spiro atoms. The molecule has 1 atom stereocenters. The summed E-state index contributed by atoms with van der Waals surface area (Å²) >= 11 is 0. The van der Waals surface area contributed by atoms with E-state index in [0.29, 0.717) is 28.5 Å². The Morgan fingerprint density at radius 3 is 2.77 bits per heavy atom. The summed E-state index contributed by atoms with van der Waals surface area (Å²) in [4.78, 5) is 23.7. The summed E-state index contributed by atoms with van der Waals surface area (Å²) in [6.07, 6.45) is -0.756. The fourth-order valence-electron chi connectivity index (χ4n) is 2.59. The molecule has 26 heavy (non-hydrogen) atoms. The van der Waals surface area contributed by atoms with Crippen LogP contribution in [-0.2, 0) is 4.79 Å². The average molecular weight is 353 g/mol. The van der Waals surface area contributed by atoms with Crippen LogP contribution in [0.2, 0.25) is 0 Å². The molecule has 132 valence electrons. The highest BCUT2D eigenvalue weighted by atomic mass is 16.7. The molecule has 4 rings (SSSR count). The number of ether oxygens (including phenoxy) is 3. The van der Waals surface area contributed by atoms with Crippen LogP contribution in [0, 0.1) is 0 Å². The molecule has 0 saturated heterocycles. The van der Waals surface area contributed by atoms with Gasteiger partial charge in [0.15, 0.2) is 17.6 Å². The third-order valence-corrected chi connectivity index (χ3v) is 3.92. The lowest BCUT2D eigenvalue weighted by Crippen LogP contribution is -2.30. The monoisotopic (exact) mass is 353 g/mol. The second-order valence-electron chi connectivity index (χ2n) is 5.77. The Bertz CT molecular complexity index is 1040. The van der Waals surface area contributed by atoms with Crippen molar-refractivity contribution in [1.82, 2.24) is 0 Å². The number of rotatable bonds is 4. The Hall–Kier alpha value is -3.48. The van der Waals surface area contributed by atoms with Crippen molar-refractivity contribution in [2.45, 2.75) is 13.0 Å². The Kier molecular flexibility index (Phi) is 3.96. The molecule has 1 aliphatic rings. The molecule has 1 amide bonds. The van der Waals surface area contributed by atoms with E-state index in [2.05, 4.69) is 5.32 Å². The van der Waals surface area contributed by atoms with Gasteiger partial charge >= 0.3 is 5.63 Å². The van der Waals surface area contributed by atoms with Crippen LogP contribution in [0.3, 0.4) is 0 Å². The number of benzene rings is 2. The van der Waals surface area contributed by atoms with E-state index in [1.165, 1.54) is 6.07 Å². The van der Waals surface area contributed by atoms with Crippen LogP contribution in [0.15, 0.2) is 57.7 Å². The first-order valence-electron chi connectivity index (χ1n) is 7.99. The highest BCUT2D eigenvalue weighted by Gasteiger charge is 2.18. The standard InChI is InChI=1S/C19H15NO6/c1-11(19(22)20-13-4-6-15-17(8-13)24-10-23-15)25-14-5-2-12-3-7-18(21)26-16(12)9-14/h2-9,11H,10H2,1H3,(H,20,22)/t11-/m1/s1. The van der Waals surface area contributed by atoms with Crippen molar-refractivity contribution in [3.05, 3.63) is 59.0 Å². The lowest BCUT2D eigenvalue weighted by molar-refractivity contribution is -0.122. The zero-order valence-corrected chi connectivity index (χ0v) is 13.9. The second kappa shape index (κ2) is 6.44. The highest BCUT2D eigenvalue weighted by molar-refractivity contribution is 5.94. The average Bonchev–Trinajstić information content (AvgIpc) is 3.09. The van der Waals surface area contributed by atoms with Crippen molar-refractivity contribution in [1.29, 1.82) is 0 Å². The van der Waals surface area contributed by atoms with Crippen molar-refractivity contribution in [3.8, 4) is 17.2 Å². The fourth-order valence-corrected chi connectivity index (χ4v) is 2.59. The predicted molar refractivity (Wildman–Crippen MR) is 93.8 cm³/mol. The van der Waals surface area contributed by atoms with Crippen molar-refractivity contribution in [3.63, 3.8) is 0 Å². The van der Waals surface area contributed by atoms with Gasteiger partial charge in [0.2, 0.25) is 6.79 Å². The molecule has 1 aliphatic heterocycles. The lowest BCUT2D eigenvalue weighted by atomic mass is 10.2. The molecule has 0 radical (unpaired) electrons. The molecule has 0 bridgehead atoms. The van der Waals surface area contributed by atoms with E-state index >= 15 is 0 Å². The second-order valence-corrected chi connectivity index (χ2v) is 5.77. The largest absolute Gasteiger partial charge is 0.481 e. The molecule has 1 aromatic heterocycles. The van der Waals surface area contributed by atoms with Gasteiger partial charge in [-0.3, -0.25) is 4.79 Å².